The molecule has 2 aromatic heterocycles. The van der Waals surface area contributed by atoms with Crippen LogP contribution in [0.1, 0.15) is 42.3 Å². The first-order valence-electron chi connectivity index (χ1n) is 7.89. The third-order valence-electron chi connectivity index (χ3n) is 3.65. The number of aliphatic imine (C=N–C) groups is 1. The topological polar surface area (TPSA) is 75.3 Å². The fourth-order valence-corrected chi connectivity index (χ4v) is 2.17. The van der Waals surface area contributed by atoms with Gasteiger partial charge in [-0.15, -0.1) is 0 Å². The molecule has 0 spiro atoms. The Morgan fingerprint density at radius 1 is 1.35 bits per heavy atom. The number of rotatable bonds is 6. The summed E-state index contributed by atoms with van der Waals surface area (Å²) in [6, 6.07) is 4.03. The van der Waals surface area contributed by atoms with Crippen LogP contribution < -0.4 is 10.6 Å². The van der Waals surface area contributed by atoms with Gasteiger partial charge >= 0.3 is 0 Å². The van der Waals surface area contributed by atoms with Crippen LogP contribution in [0.5, 0.6) is 0 Å². The number of hydrogen-bond acceptors (Lipinski definition) is 4. The van der Waals surface area contributed by atoms with Gasteiger partial charge in [0.1, 0.15) is 0 Å². The maximum absolute atomic E-state index is 5.31. The average Bonchev–Trinajstić information content (AvgIpc) is 3.01. The van der Waals surface area contributed by atoms with Crippen LogP contribution in [0.3, 0.4) is 0 Å². The van der Waals surface area contributed by atoms with E-state index in [1.807, 2.05) is 18.5 Å². The van der Waals surface area contributed by atoms with E-state index in [0.717, 1.165) is 30.4 Å². The molecule has 0 aliphatic heterocycles. The van der Waals surface area contributed by atoms with E-state index in [9.17, 15) is 0 Å². The number of pyridine rings is 1. The molecule has 2 heterocycles. The molecule has 2 N–H and O–H groups in total. The van der Waals surface area contributed by atoms with Gasteiger partial charge in [-0.25, -0.2) is 0 Å². The standard InChI is InChI=1S/C17H25N5O/c1-12(2)16-9-15(23-22-16)11-21-17(18-4)20-8-6-14-5-7-19-10-13(14)3/h5,7,9-10,12H,6,8,11H2,1-4H3,(H2,18,20,21). The first-order valence-corrected chi connectivity index (χ1v) is 7.89. The average molecular weight is 315 g/mol. The van der Waals surface area contributed by atoms with Crippen LogP contribution in [0.4, 0.5) is 0 Å². The van der Waals surface area contributed by atoms with Crippen LogP contribution in [0.2, 0.25) is 0 Å². The molecule has 0 unspecified atom stereocenters. The Morgan fingerprint density at radius 2 is 2.17 bits per heavy atom. The molecule has 0 radical (unpaired) electrons. The molecule has 23 heavy (non-hydrogen) atoms. The molecule has 124 valence electrons. The van der Waals surface area contributed by atoms with Crippen molar-refractivity contribution in [3.05, 3.63) is 47.1 Å². The normalized spacial score (nSPS) is 11.8. The van der Waals surface area contributed by atoms with E-state index in [4.69, 9.17) is 4.52 Å². The number of aromatic nitrogens is 2. The molecule has 0 amide bonds. The van der Waals surface area contributed by atoms with Crippen molar-refractivity contribution in [3.8, 4) is 0 Å². The first-order chi connectivity index (χ1) is 11.1. The summed E-state index contributed by atoms with van der Waals surface area (Å²) in [5, 5.41) is 10.6. The van der Waals surface area contributed by atoms with Crippen molar-refractivity contribution in [2.24, 2.45) is 4.99 Å². The fourth-order valence-electron chi connectivity index (χ4n) is 2.17. The molecule has 0 fully saturated rings. The van der Waals surface area contributed by atoms with Gasteiger partial charge in [0.2, 0.25) is 0 Å². The molecule has 6 nitrogen and oxygen atoms in total. The number of nitrogens with one attached hydrogen (secondary N) is 2. The molecule has 0 saturated carbocycles. The number of guanidine groups is 1. The monoisotopic (exact) mass is 315 g/mol. The van der Waals surface area contributed by atoms with Crippen molar-refractivity contribution in [1.82, 2.24) is 20.8 Å². The molecule has 0 saturated heterocycles. The Morgan fingerprint density at radius 3 is 2.83 bits per heavy atom. The third-order valence-corrected chi connectivity index (χ3v) is 3.65. The van der Waals surface area contributed by atoms with Crippen molar-refractivity contribution in [1.29, 1.82) is 0 Å². The Bertz CT molecular complexity index is 648. The molecule has 0 aliphatic carbocycles. The van der Waals surface area contributed by atoms with Crippen LogP contribution in [0.25, 0.3) is 0 Å². The number of aryl methyl sites for hydroxylation is 1. The summed E-state index contributed by atoms with van der Waals surface area (Å²) in [7, 11) is 1.76. The highest BCUT2D eigenvalue weighted by molar-refractivity contribution is 5.79. The zero-order valence-electron chi connectivity index (χ0n) is 14.3. The van der Waals surface area contributed by atoms with Gasteiger partial charge in [-0.05, 0) is 36.5 Å². The molecular weight excluding hydrogens is 290 g/mol. The Kier molecular flexibility index (Phi) is 6.14. The van der Waals surface area contributed by atoms with Crippen LogP contribution in [0, 0.1) is 6.92 Å². The molecular formula is C17H25N5O. The molecule has 6 heteroatoms. The summed E-state index contributed by atoms with van der Waals surface area (Å²) in [4.78, 5) is 8.33. The highest BCUT2D eigenvalue weighted by atomic mass is 16.5. The van der Waals surface area contributed by atoms with E-state index in [1.165, 1.54) is 11.1 Å². The predicted octanol–water partition coefficient (Wildman–Crippen LogP) is 2.41. The van der Waals surface area contributed by atoms with E-state index < -0.39 is 0 Å². The van der Waals surface area contributed by atoms with Gasteiger partial charge in [0.15, 0.2) is 11.7 Å². The molecule has 2 rings (SSSR count). The maximum atomic E-state index is 5.31. The first kappa shape index (κ1) is 17.0. The summed E-state index contributed by atoms with van der Waals surface area (Å²) in [5.74, 6) is 1.93. The zero-order chi connectivity index (χ0) is 16.7. The zero-order valence-corrected chi connectivity index (χ0v) is 14.3. The second-order valence-electron chi connectivity index (χ2n) is 5.78. The second-order valence-corrected chi connectivity index (χ2v) is 5.78. The van der Waals surface area contributed by atoms with E-state index >= 15 is 0 Å². The van der Waals surface area contributed by atoms with E-state index in [2.05, 4.69) is 52.6 Å². The molecule has 0 aliphatic rings. The van der Waals surface area contributed by atoms with Crippen molar-refractivity contribution in [2.75, 3.05) is 13.6 Å². The summed E-state index contributed by atoms with van der Waals surface area (Å²) in [6.45, 7) is 7.63. The van der Waals surface area contributed by atoms with Gasteiger partial charge in [0.05, 0.1) is 12.2 Å². The number of hydrogen-bond donors (Lipinski definition) is 2. The fraction of sp³-hybridized carbons (Fsp3) is 0.471. The minimum absolute atomic E-state index is 0.369. The minimum Gasteiger partial charge on any atom is -0.359 e. The third kappa shape index (κ3) is 5.09. The van der Waals surface area contributed by atoms with Gasteiger partial charge in [-0.1, -0.05) is 19.0 Å². The quantitative estimate of drug-likeness (QED) is 0.632. The lowest BCUT2D eigenvalue weighted by atomic mass is 10.1. The van der Waals surface area contributed by atoms with Gasteiger partial charge < -0.3 is 15.2 Å². The Balaban J connectivity index is 1.78. The highest BCUT2D eigenvalue weighted by Crippen LogP contribution is 2.13. The predicted molar refractivity (Wildman–Crippen MR) is 91.5 cm³/mol. The second kappa shape index (κ2) is 8.31. The van der Waals surface area contributed by atoms with E-state index in [-0.39, 0.29) is 0 Å². The summed E-state index contributed by atoms with van der Waals surface area (Å²) in [6.07, 6.45) is 4.64. The smallest absolute Gasteiger partial charge is 0.191 e. The lowest BCUT2D eigenvalue weighted by Crippen LogP contribution is -2.37. The molecule has 0 atom stereocenters. The van der Waals surface area contributed by atoms with Crippen LogP contribution in [0.15, 0.2) is 34.0 Å². The SMILES string of the molecule is CN=C(NCCc1ccncc1C)NCc1cc(C(C)C)no1. The lowest BCUT2D eigenvalue weighted by Gasteiger charge is -2.11. The van der Waals surface area contributed by atoms with Gasteiger partial charge in [-0.2, -0.15) is 0 Å². The van der Waals surface area contributed by atoms with Crippen molar-refractivity contribution < 1.29 is 4.52 Å². The Hall–Kier alpha value is -2.37. The van der Waals surface area contributed by atoms with E-state index in [0.29, 0.717) is 12.5 Å². The van der Waals surface area contributed by atoms with Crippen molar-refractivity contribution in [3.63, 3.8) is 0 Å². The summed E-state index contributed by atoms with van der Waals surface area (Å²) < 4.78 is 5.31. The summed E-state index contributed by atoms with van der Waals surface area (Å²) >= 11 is 0. The van der Waals surface area contributed by atoms with Crippen LogP contribution in [-0.4, -0.2) is 29.7 Å². The van der Waals surface area contributed by atoms with Gasteiger partial charge in [0.25, 0.3) is 0 Å². The summed E-state index contributed by atoms with van der Waals surface area (Å²) in [5.41, 5.74) is 3.47. The molecule has 2 aromatic rings. The van der Waals surface area contributed by atoms with Crippen LogP contribution in [-0.2, 0) is 13.0 Å². The minimum atomic E-state index is 0.369. The van der Waals surface area contributed by atoms with Gasteiger partial charge in [-0.3, -0.25) is 9.98 Å². The lowest BCUT2D eigenvalue weighted by molar-refractivity contribution is 0.372. The van der Waals surface area contributed by atoms with Crippen LogP contribution >= 0.6 is 0 Å². The van der Waals surface area contributed by atoms with E-state index in [1.54, 1.807) is 7.05 Å². The van der Waals surface area contributed by atoms with Crippen molar-refractivity contribution in [2.45, 2.75) is 39.7 Å². The highest BCUT2D eigenvalue weighted by Gasteiger charge is 2.08. The number of nitrogens with zero attached hydrogens (tertiary/aromatic N) is 3. The Labute approximate surface area is 137 Å². The molecule has 0 aromatic carbocycles. The maximum Gasteiger partial charge on any atom is 0.191 e. The van der Waals surface area contributed by atoms with Crippen molar-refractivity contribution >= 4 is 5.96 Å². The molecule has 0 bridgehead atoms. The largest absolute Gasteiger partial charge is 0.359 e. The van der Waals surface area contributed by atoms with Gasteiger partial charge in [0, 0.05) is 32.1 Å².